The van der Waals surface area contributed by atoms with Crippen LogP contribution in [0.15, 0.2) is 54.9 Å². The highest BCUT2D eigenvalue weighted by Gasteiger charge is 2.36. The van der Waals surface area contributed by atoms with Gasteiger partial charge in [0.25, 0.3) is 5.91 Å². The summed E-state index contributed by atoms with van der Waals surface area (Å²) in [7, 11) is 0. The lowest BCUT2D eigenvalue weighted by molar-refractivity contribution is 0.0474. The molecule has 0 radical (unpaired) electrons. The van der Waals surface area contributed by atoms with E-state index in [-0.39, 0.29) is 36.2 Å². The number of carbonyl (C=O) groups excluding carboxylic acids is 2. The van der Waals surface area contributed by atoms with Crippen LogP contribution in [0, 0.1) is 11.6 Å². The number of piperazine rings is 1. The van der Waals surface area contributed by atoms with Crippen LogP contribution in [0.5, 0.6) is 0 Å². The number of benzene rings is 2. The van der Waals surface area contributed by atoms with Crippen LogP contribution in [0.3, 0.4) is 0 Å². The lowest BCUT2D eigenvalue weighted by Crippen LogP contribution is -2.54. The van der Waals surface area contributed by atoms with Crippen LogP contribution < -0.4 is 10.6 Å². The highest BCUT2D eigenvalue weighted by atomic mass is 19.1. The Morgan fingerprint density at radius 1 is 1.00 bits per heavy atom. The summed E-state index contributed by atoms with van der Waals surface area (Å²) in [6, 6.07) is 12.7. The van der Waals surface area contributed by atoms with Gasteiger partial charge in [0.1, 0.15) is 17.7 Å². The fraction of sp³-hybridized carbons (Fsp3) is 0.469. The zero-order chi connectivity index (χ0) is 29.1. The fourth-order valence-corrected chi connectivity index (χ4v) is 6.44. The Hall–Kier alpha value is -3.79. The quantitative estimate of drug-likeness (QED) is 0.401. The van der Waals surface area contributed by atoms with Crippen molar-refractivity contribution in [3.63, 3.8) is 0 Å². The maximum Gasteiger partial charge on any atom is 0.407 e. The van der Waals surface area contributed by atoms with Gasteiger partial charge in [-0.3, -0.25) is 4.79 Å². The molecule has 3 fully saturated rings. The molecule has 2 aliphatic carbocycles. The number of hydrogen-bond acceptors (Lipinski definition) is 5. The Morgan fingerprint density at radius 2 is 1.76 bits per heavy atom. The lowest BCUT2D eigenvalue weighted by atomic mass is 9.89. The van der Waals surface area contributed by atoms with E-state index in [0.717, 1.165) is 56.6 Å². The Bertz CT molecular complexity index is 1390. The molecule has 1 aromatic heterocycles. The maximum atomic E-state index is 14.2. The molecule has 2 saturated carbocycles. The van der Waals surface area contributed by atoms with E-state index in [1.165, 1.54) is 12.1 Å². The number of carbonyl (C=O) groups is 2. The number of ether oxygens (including phenoxy) is 1. The number of halogens is 2. The van der Waals surface area contributed by atoms with E-state index in [1.54, 1.807) is 11.2 Å². The van der Waals surface area contributed by atoms with Crippen molar-refractivity contribution in [3.8, 4) is 11.3 Å². The number of aromatic nitrogens is 2. The van der Waals surface area contributed by atoms with Crippen molar-refractivity contribution in [2.24, 2.45) is 0 Å². The van der Waals surface area contributed by atoms with Gasteiger partial charge in [0.2, 0.25) is 0 Å². The van der Waals surface area contributed by atoms with Crippen LogP contribution in [-0.4, -0.2) is 64.3 Å². The number of hydrogen-bond donors (Lipinski definition) is 2. The zero-order valence-electron chi connectivity index (χ0n) is 23.6. The van der Waals surface area contributed by atoms with Gasteiger partial charge in [-0.2, -0.15) is 0 Å². The summed E-state index contributed by atoms with van der Waals surface area (Å²) >= 11 is 0. The predicted molar refractivity (Wildman–Crippen MR) is 154 cm³/mol. The van der Waals surface area contributed by atoms with Gasteiger partial charge >= 0.3 is 6.09 Å². The highest BCUT2D eigenvalue weighted by molar-refractivity contribution is 5.98. The molecule has 222 valence electrons. The number of nitrogens with one attached hydrogen (secondary N) is 2. The van der Waals surface area contributed by atoms with Crippen molar-refractivity contribution in [3.05, 3.63) is 77.8 Å². The van der Waals surface area contributed by atoms with Gasteiger partial charge < -0.3 is 24.8 Å². The zero-order valence-corrected chi connectivity index (χ0v) is 23.6. The second-order valence-corrected chi connectivity index (χ2v) is 11.6. The van der Waals surface area contributed by atoms with Crippen molar-refractivity contribution in [1.82, 2.24) is 25.1 Å². The van der Waals surface area contributed by atoms with E-state index < -0.39 is 11.6 Å². The first-order valence-corrected chi connectivity index (χ1v) is 15.0. The molecule has 1 aliphatic heterocycles. The van der Waals surface area contributed by atoms with Gasteiger partial charge in [-0.1, -0.05) is 43.2 Å². The highest BCUT2D eigenvalue weighted by Crippen LogP contribution is 2.35. The third-order valence-electron chi connectivity index (χ3n) is 8.76. The first-order valence-electron chi connectivity index (χ1n) is 15.0. The first-order chi connectivity index (χ1) is 20.5. The predicted octanol–water partition coefficient (Wildman–Crippen LogP) is 5.25. The first kappa shape index (κ1) is 28.3. The van der Waals surface area contributed by atoms with Crippen LogP contribution >= 0.6 is 0 Å². The molecule has 3 aliphatic rings. The van der Waals surface area contributed by atoms with Crippen molar-refractivity contribution in [2.45, 2.75) is 75.6 Å². The Labute approximate surface area is 244 Å². The molecule has 10 heteroatoms. The topological polar surface area (TPSA) is 88.5 Å². The second-order valence-electron chi connectivity index (χ2n) is 11.6. The minimum absolute atomic E-state index is 0.000222. The van der Waals surface area contributed by atoms with Gasteiger partial charge in [0.15, 0.2) is 5.69 Å². The molecular weight excluding hydrogens is 540 g/mol. The molecule has 2 heterocycles. The van der Waals surface area contributed by atoms with Gasteiger partial charge in [0.05, 0.1) is 24.1 Å². The van der Waals surface area contributed by atoms with E-state index >= 15 is 0 Å². The maximum absolute atomic E-state index is 14.2. The van der Waals surface area contributed by atoms with Crippen LogP contribution in [0.2, 0.25) is 0 Å². The number of alkyl carbamates (subject to hydrolysis) is 1. The van der Waals surface area contributed by atoms with E-state index in [1.807, 2.05) is 30.3 Å². The molecule has 6 rings (SSSR count). The second kappa shape index (κ2) is 12.6. The standard InChI is InChI=1S/C32H37F2N5O3/c33-23-15-21(16-24(34)18-23)17-25-19-35-13-14-38(25)31(40)29-30(22-7-2-1-3-8-22)39(20-36-29)28-12-5-4-11-27(28)37-32(41)42-26-9-6-10-26/h1-3,7-8,15-16,18,20,25-28,35H,4-6,9-14,17,19H2,(H,37,41)/t25?,27-,28-/m0/s1. The van der Waals surface area contributed by atoms with Gasteiger partial charge in [-0.25, -0.2) is 18.6 Å². The van der Waals surface area contributed by atoms with Gasteiger partial charge in [-0.15, -0.1) is 0 Å². The molecule has 3 atom stereocenters. The Morgan fingerprint density at radius 3 is 2.50 bits per heavy atom. The summed E-state index contributed by atoms with van der Waals surface area (Å²) in [6.45, 7) is 1.56. The molecule has 2 N–H and O–H groups in total. The molecule has 8 nitrogen and oxygen atoms in total. The van der Waals surface area contributed by atoms with Crippen LogP contribution in [0.1, 0.15) is 67.0 Å². The molecule has 1 saturated heterocycles. The molecular formula is C32H37F2N5O3. The normalized spacial score (nSPS) is 22.8. The minimum Gasteiger partial charge on any atom is -0.446 e. The van der Waals surface area contributed by atoms with E-state index in [4.69, 9.17) is 4.74 Å². The number of nitrogens with zero attached hydrogens (tertiary/aromatic N) is 3. The molecule has 0 bridgehead atoms. The Balaban J connectivity index is 1.30. The number of imidazole rings is 1. The van der Waals surface area contributed by atoms with Crippen LogP contribution in [0.4, 0.5) is 13.6 Å². The van der Waals surface area contributed by atoms with E-state index in [0.29, 0.717) is 43.0 Å². The molecule has 42 heavy (non-hydrogen) atoms. The van der Waals surface area contributed by atoms with E-state index in [9.17, 15) is 18.4 Å². The minimum atomic E-state index is -0.635. The number of amides is 2. The van der Waals surface area contributed by atoms with Crippen LogP contribution in [-0.2, 0) is 11.2 Å². The van der Waals surface area contributed by atoms with Crippen molar-refractivity contribution < 1.29 is 23.1 Å². The Kier molecular flexibility index (Phi) is 8.51. The molecule has 1 unspecified atom stereocenters. The van der Waals surface area contributed by atoms with Gasteiger partial charge in [0, 0.05) is 37.3 Å². The smallest absolute Gasteiger partial charge is 0.407 e. The van der Waals surface area contributed by atoms with Crippen molar-refractivity contribution in [2.75, 3.05) is 19.6 Å². The van der Waals surface area contributed by atoms with Crippen molar-refractivity contribution in [1.29, 1.82) is 0 Å². The molecule has 3 aromatic rings. The average molecular weight is 578 g/mol. The molecule has 0 spiro atoms. The third-order valence-corrected chi connectivity index (χ3v) is 8.76. The monoisotopic (exact) mass is 577 g/mol. The molecule has 2 amide bonds. The van der Waals surface area contributed by atoms with Gasteiger partial charge in [-0.05, 0) is 56.2 Å². The summed E-state index contributed by atoms with van der Waals surface area (Å²) < 4.78 is 35.5. The summed E-state index contributed by atoms with van der Waals surface area (Å²) in [5.41, 5.74) is 2.40. The summed E-state index contributed by atoms with van der Waals surface area (Å²) in [6.07, 6.45) is 8.19. The third kappa shape index (κ3) is 6.18. The largest absolute Gasteiger partial charge is 0.446 e. The summed E-state index contributed by atoms with van der Waals surface area (Å²) in [5, 5.41) is 6.43. The lowest BCUT2D eigenvalue weighted by Gasteiger charge is -2.37. The number of rotatable bonds is 7. The average Bonchev–Trinajstić information content (AvgIpc) is 3.40. The summed E-state index contributed by atoms with van der Waals surface area (Å²) in [5.74, 6) is -1.49. The SMILES string of the molecule is O=C(N[C@H]1CCCC[C@@H]1n1cnc(C(=O)N2CCNCC2Cc2cc(F)cc(F)c2)c1-c1ccccc1)OC1CCC1. The summed E-state index contributed by atoms with van der Waals surface area (Å²) in [4.78, 5) is 33.4. The molecule has 2 aromatic carbocycles. The van der Waals surface area contributed by atoms with E-state index in [2.05, 4.69) is 20.2 Å². The van der Waals surface area contributed by atoms with Crippen LogP contribution in [0.25, 0.3) is 11.3 Å². The van der Waals surface area contributed by atoms with Crippen molar-refractivity contribution >= 4 is 12.0 Å². The fourth-order valence-electron chi connectivity index (χ4n) is 6.44.